The van der Waals surface area contributed by atoms with Gasteiger partial charge in [0.1, 0.15) is 22.8 Å². The summed E-state index contributed by atoms with van der Waals surface area (Å²) >= 11 is 0. The van der Waals surface area contributed by atoms with Crippen LogP contribution in [-0.2, 0) is 4.79 Å². The fourth-order valence-corrected chi connectivity index (χ4v) is 5.59. The molecule has 1 aliphatic rings. The van der Waals surface area contributed by atoms with Crippen LogP contribution < -0.4 is 10.6 Å². The number of phenols is 1. The minimum atomic E-state index is -0.535. The summed E-state index contributed by atoms with van der Waals surface area (Å²) in [6.07, 6.45) is 9.18. The lowest BCUT2D eigenvalue weighted by Gasteiger charge is -2.21. The number of pyridine rings is 3. The molecular formula is C31H27FN8O2. The van der Waals surface area contributed by atoms with E-state index in [1.165, 1.54) is 12.1 Å². The van der Waals surface area contributed by atoms with Crippen LogP contribution in [0.5, 0.6) is 5.75 Å². The van der Waals surface area contributed by atoms with Crippen LogP contribution in [0.2, 0.25) is 0 Å². The zero-order chi connectivity index (χ0) is 28.6. The molecule has 0 spiro atoms. The SMILES string of the molecule is O=C(CC1CCNCC1)Nc1cncc(-c2ccc3[nH]nc(-c4cc5c(-c6cc(O)cc(F)c6)cncc5[nH]4)c3n2)c1. The maximum absolute atomic E-state index is 14.0. The van der Waals surface area contributed by atoms with Crippen molar-refractivity contribution in [2.75, 3.05) is 18.4 Å². The van der Waals surface area contributed by atoms with E-state index in [1.54, 1.807) is 24.8 Å². The molecule has 1 aromatic carbocycles. The van der Waals surface area contributed by atoms with Crippen molar-refractivity contribution in [1.29, 1.82) is 0 Å². The van der Waals surface area contributed by atoms with E-state index in [1.807, 2.05) is 24.3 Å². The smallest absolute Gasteiger partial charge is 0.224 e. The van der Waals surface area contributed by atoms with E-state index in [4.69, 9.17) is 4.98 Å². The van der Waals surface area contributed by atoms with Crippen LogP contribution in [0.1, 0.15) is 19.3 Å². The van der Waals surface area contributed by atoms with Crippen molar-refractivity contribution in [3.05, 3.63) is 73.1 Å². The third kappa shape index (κ3) is 5.06. The van der Waals surface area contributed by atoms with Gasteiger partial charge in [0.15, 0.2) is 0 Å². The fourth-order valence-electron chi connectivity index (χ4n) is 5.59. The first-order chi connectivity index (χ1) is 20.5. The molecular weight excluding hydrogens is 535 g/mol. The molecule has 0 atom stereocenters. The second-order valence-corrected chi connectivity index (χ2v) is 10.6. The standard InChI is InChI=1S/C31H27FN8O2/c32-20-8-18(10-22(41)11-20)24-15-35-16-28-23(24)12-27(37-28)31-30-26(39-40-31)2-1-25(38-30)19-9-21(14-34-13-19)36-29(42)7-17-3-5-33-6-4-17/h1-2,8-17,33,37,41H,3-7H2,(H,36,42)(H,39,40). The topological polar surface area (TPSA) is 144 Å². The molecule has 5 N–H and O–H groups in total. The molecule has 0 bridgehead atoms. The van der Waals surface area contributed by atoms with Crippen molar-refractivity contribution in [2.24, 2.45) is 5.92 Å². The molecule has 210 valence electrons. The lowest BCUT2D eigenvalue weighted by molar-refractivity contribution is -0.117. The van der Waals surface area contributed by atoms with Crippen LogP contribution in [0.25, 0.3) is 55.7 Å². The molecule has 6 heterocycles. The van der Waals surface area contributed by atoms with Gasteiger partial charge in [-0.05, 0) is 73.8 Å². The zero-order valence-corrected chi connectivity index (χ0v) is 22.5. The normalized spacial score (nSPS) is 14.0. The van der Waals surface area contributed by atoms with Gasteiger partial charge in [-0.3, -0.25) is 19.9 Å². The zero-order valence-electron chi connectivity index (χ0n) is 22.5. The minimum Gasteiger partial charge on any atom is -0.508 e. The first-order valence-corrected chi connectivity index (χ1v) is 13.8. The van der Waals surface area contributed by atoms with Gasteiger partial charge < -0.3 is 20.7 Å². The molecule has 1 aliphatic heterocycles. The first kappa shape index (κ1) is 25.8. The van der Waals surface area contributed by atoms with Crippen LogP contribution in [0.15, 0.2) is 67.3 Å². The molecule has 0 unspecified atom stereocenters. The van der Waals surface area contributed by atoms with Crippen LogP contribution in [0, 0.1) is 11.7 Å². The number of benzene rings is 1. The number of amides is 1. The number of aromatic amines is 2. The van der Waals surface area contributed by atoms with Crippen LogP contribution in [0.4, 0.5) is 10.1 Å². The number of carbonyl (C=O) groups is 1. The molecule has 5 aromatic heterocycles. The third-order valence-electron chi connectivity index (χ3n) is 7.65. The van der Waals surface area contributed by atoms with Crippen molar-refractivity contribution in [1.82, 2.24) is 35.5 Å². The van der Waals surface area contributed by atoms with E-state index in [9.17, 15) is 14.3 Å². The van der Waals surface area contributed by atoms with Gasteiger partial charge in [0, 0.05) is 41.4 Å². The molecule has 1 saturated heterocycles. The molecule has 0 saturated carbocycles. The fraction of sp³-hybridized carbons (Fsp3) is 0.194. The second kappa shape index (κ2) is 10.7. The number of aromatic hydroxyl groups is 1. The van der Waals surface area contributed by atoms with Gasteiger partial charge in [-0.15, -0.1) is 0 Å². The summed E-state index contributed by atoms with van der Waals surface area (Å²) in [5.41, 5.74) is 6.69. The van der Waals surface area contributed by atoms with Crippen molar-refractivity contribution in [3.8, 4) is 39.5 Å². The van der Waals surface area contributed by atoms with E-state index in [0.717, 1.165) is 54.0 Å². The summed E-state index contributed by atoms with van der Waals surface area (Å²) in [5, 5.41) is 24.6. The predicted molar refractivity (Wildman–Crippen MR) is 158 cm³/mol. The number of aromatic nitrogens is 6. The Morgan fingerprint density at radius 1 is 0.976 bits per heavy atom. The largest absolute Gasteiger partial charge is 0.508 e. The molecule has 7 rings (SSSR count). The number of halogens is 1. The molecule has 0 radical (unpaired) electrons. The van der Waals surface area contributed by atoms with Crippen LogP contribution in [0.3, 0.4) is 0 Å². The Balaban J connectivity index is 1.20. The molecule has 0 aliphatic carbocycles. The molecule has 10 nitrogen and oxygen atoms in total. The van der Waals surface area contributed by atoms with Crippen LogP contribution >= 0.6 is 0 Å². The van der Waals surface area contributed by atoms with Gasteiger partial charge in [0.25, 0.3) is 0 Å². The number of H-pyrrole nitrogens is 2. The van der Waals surface area contributed by atoms with Gasteiger partial charge in [0.2, 0.25) is 5.91 Å². The lowest BCUT2D eigenvalue weighted by Crippen LogP contribution is -2.30. The predicted octanol–water partition coefficient (Wildman–Crippen LogP) is 5.40. The lowest BCUT2D eigenvalue weighted by atomic mass is 9.94. The maximum Gasteiger partial charge on any atom is 0.224 e. The van der Waals surface area contributed by atoms with Crippen molar-refractivity contribution in [3.63, 3.8) is 0 Å². The van der Waals surface area contributed by atoms with Gasteiger partial charge in [-0.1, -0.05) is 0 Å². The summed E-state index contributed by atoms with van der Waals surface area (Å²) in [5.74, 6) is -0.314. The van der Waals surface area contributed by atoms with E-state index in [2.05, 4.69) is 35.8 Å². The number of nitrogens with one attached hydrogen (secondary N) is 4. The highest BCUT2D eigenvalue weighted by molar-refractivity contribution is 6.00. The molecule has 1 fully saturated rings. The number of hydrogen-bond donors (Lipinski definition) is 5. The first-order valence-electron chi connectivity index (χ1n) is 13.8. The van der Waals surface area contributed by atoms with E-state index in [-0.39, 0.29) is 11.7 Å². The van der Waals surface area contributed by atoms with E-state index >= 15 is 0 Å². The summed E-state index contributed by atoms with van der Waals surface area (Å²) < 4.78 is 14.0. The molecule has 6 aromatic rings. The minimum absolute atomic E-state index is 0.0116. The monoisotopic (exact) mass is 562 g/mol. The highest BCUT2D eigenvalue weighted by Gasteiger charge is 2.18. The summed E-state index contributed by atoms with van der Waals surface area (Å²) in [6, 6.07) is 11.5. The van der Waals surface area contributed by atoms with Crippen LogP contribution in [-0.4, -0.2) is 54.2 Å². The van der Waals surface area contributed by atoms with Gasteiger partial charge in [0.05, 0.1) is 40.5 Å². The number of phenolic OH excluding ortho intramolecular Hbond substituents is 1. The Morgan fingerprint density at radius 3 is 2.69 bits per heavy atom. The average molecular weight is 563 g/mol. The Kier molecular flexibility index (Phi) is 6.55. The quantitative estimate of drug-likeness (QED) is 0.183. The van der Waals surface area contributed by atoms with Gasteiger partial charge in [-0.2, -0.15) is 5.10 Å². The summed E-state index contributed by atoms with van der Waals surface area (Å²) in [4.78, 5) is 29.6. The Hall–Kier alpha value is -5.16. The Labute approximate surface area is 239 Å². The third-order valence-corrected chi connectivity index (χ3v) is 7.65. The number of hydrogen-bond acceptors (Lipinski definition) is 7. The van der Waals surface area contributed by atoms with Crippen molar-refractivity contribution >= 4 is 33.5 Å². The van der Waals surface area contributed by atoms with Crippen molar-refractivity contribution in [2.45, 2.75) is 19.3 Å². The van der Waals surface area contributed by atoms with E-state index < -0.39 is 5.82 Å². The summed E-state index contributed by atoms with van der Waals surface area (Å²) in [6.45, 7) is 1.90. The number of nitrogens with zero attached hydrogens (tertiary/aromatic N) is 4. The highest BCUT2D eigenvalue weighted by Crippen LogP contribution is 2.35. The molecule has 11 heteroatoms. The number of fused-ring (bicyclic) bond motifs is 2. The molecule has 42 heavy (non-hydrogen) atoms. The summed E-state index contributed by atoms with van der Waals surface area (Å²) in [7, 11) is 0. The Bertz CT molecular complexity index is 1920. The van der Waals surface area contributed by atoms with Crippen molar-refractivity contribution < 1.29 is 14.3 Å². The number of carbonyl (C=O) groups excluding carboxylic acids is 1. The number of rotatable bonds is 6. The number of anilines is 1. The van der Waals surface area contributed by atoms with Gasteiger partial charge in [-0.25, -0.2) is 9.37 Å². The Morgan fingerprint density at radius 2 is 1.83 bits per heavy atom. The average Bonchev–Trinajstić information content (AvgIpc) is 3.61. The molecule has 1 amide bonds. The maximum atomic E-state index is 14.0. The second-order valence-electron chi connectivity index (χ2n) is 10.6. The van der Waals surface area contributed by atoms with E-state index in [0.29, 0.717) is 51.8 Å². The number of piperidine rings is 1. The highest BCUT2D eigenvalue weighted by atomic mass is 19.1. The van der Waals surface area contributed by atoms with Gasteiger partial charge >= 0.3 is 0 Å².